The molecule has 0 aliphatic carbocycles. The zero-order valence-corrected chi connectivity index (χ0v) is 11.3. The molecule has 100 valence electrons. The van der Waals surface area contributed by atoms with Gasteiger partial charge in [0.15, 0.2) is 0 Å². The highest BCUT2D eigenvalue weighted by Crippen LogP contribution is 2.28. The van der Waals surface area contributed by atoms with Crippen LogP contribution in [0.15, 0.2) is 28.8 Å². The fraction of sp³-hybridized carbons (Fsp3) is 0.333. The van der Waals surface area contributed by atoms with Gasteiger partial charge in [-0.05, 0) is 29.5 Å². The fourth-order valence-corrected chi connectivity index (χ4v) is 2.00. The molecule has 4 nitrogen and oxygen atoms in total. The van der Waals surface area contributed by atoms with Crippen molar-refractivity contribution in [3.8, 4) is 11.3 Å². The van der Waals surface area contributed by atoms with Crippen LogP contribution >= 0.6 is 0 Å². The predicted molar refractivity (Wildman–Crippen MR) is 72.4 cm³/mol. The molecule has 0 radical (unpaired) electrons. The Bertz CT molecular complexity index is 599. The molecule has 0 unspecified atom stereocenters. The van der Waals surface area contributed by atoms with Crippen LogP contribution in [0, 0.1) is 0 Å². The predicted octanol–water partition coefficient (Wildman–Crippen LogP) is 3.73. The second-order valence-electron chi connectivity index (χ2n) is 4.81. The van der Waals surface area contributed by atoms with Gasteiger partial charge in [-0.15, -0.1) is 0 Å². The number of hydrogen-bond donors (Lipinski definition) is 1. The number of carboxylic acids is 1. The Morgan fingerprint density at radius 1 is 1.37 bits per heavy atom. The van der Waals surface area contributed by atoms with Gasteiger partial charge < -0.3 is 9.63 Å². The Morgan fingerprint density at radius 3 is 2.63 bits per heavy atom. The topological polar surface area (TPSA) is 63.3 Å². The summed E-state index contributed by atoms with van der Waals surface area (Å²) >= 11 is 0. The van der Waals surface area contributed by atoms with Crippen molar-refractivity contribution in [1.29, 1.82) is 0 Å². The zero-order valence-electron chi connectivity index (χ0n) is 11.3. The van der Waals surface area contributed by atoms with Crippen molar-refractivity contribution in [3.63, 3.8) is 0 Å². The van der Waals surface area contributed by atoms with Gasteiger partial charge in [-0.2, -0.15) is 0 Å². The van der Waals surface area contributed by atoms with E-state index in [2.05, 4.69) is 44.1 Å². The fourth-order valence-electron chi connectivity index (χ4n) is 2.00. The molecule has 0 aliphatic rings. The maximum absolute atomic E-state index is 10.8. The van der Waals surface area contributed by atoms with Crippen LogP contribution in [0.3, 0.4) is 0 Å². The monoisotopic (exact) mass is 259 g/mol. The van der Waals surface area contributed by atoms with Crippen LogP contribution in [0.1, 0.15) is 48.4 Å². The molecule has 19 heavy (non-hydrogen) atoms. The van der Waals surface area contributed by atoms with Crippen LogP contribution in [-0.2, 0) is 6.42 Å². The summed E-state index contributed by atoms with van der Waals surface area (Å²) in [6.07, 6.45) is 0.864. The molecule has 0 bridgehead atoms. The van der Waals surface area contributed by atoms with E-state index < -0.39 is 5.97 Å². The first-order valence-electron chi connectivity index (χ1n) is 6.36. The highest BCUT2D eigenvalue weighted by atomic mass is 16.5. The number of hydrogen-bond acceptors (Lipinski definition) is 3. The normalized spacial score (nSPS) is 10.9. The van der Waals surface area contributed by atoms with Gasteiger partial charge in [-0.25, -0.2) is 4.79 Å². The molecular weight excluding hydrogens is 242 g/mol. The van der Waals surface area contributed by atoms with Crippen molar-refractivity contribution in [2.75, 3.05) is 0 Å². The van der Waals surface area contributed by atoms with Crippen molar-refractivity contribution in [3.05, 3.63) is 41.2 Å². The van der Waals surface area contributed by atoms with Crippen LogP contribution in [0.4, 0.5) is 0 Å². The van der Waals surface area contributed by atoms with Gasteiger partial charge in [0.05, 0.1) is 0 Å². The number of carboxylic acid groups (broad SMARTS) is 1. The van der Waals surface area contributed by atoms with Crippen molar-refractivity contribution in [2.45, 2.75) is 33.1 Å². The highest BCUT2D eigenvalue weighted by Gasteiger charge is 2.15. The number of benzene rings is 1. The van der Waals surface area contributed by atoms with Gasteiger partial charge in [0.2, 0.25) is 5.76 Å². The van der Waals surface area contributed by atoms with E-state index in [4.69, 9.17) is 9.63 Å². The van der Waals surface area contributed by atoms with Gasteiger partial charge >= 0.3 is 5.97 Å². The summed E-state index contributed by atoms with van der Waals surface area (Å²) in [5, 5.41) is 12.7. The second-order valence-corrected chi connectivity index (χ2v) is 4.81. The first-order chi connectivity index (χ1) is 9.02. The Kier molecular flexibility index (Phi) is 3.69. The van der Waals surface area contributed by atoms with E-state index >= 15 is 0 Å². The lowest BCUT2D eigenvalue weighted by molar-refractivity contribution is 0.0652. The number of carbonyl (C=O) groups is 1. The van der Waals surface area contributed by atoms with Gasteiger partial charge in [0.1, 0.15) is 5.69 Å². The van der Waals surface area contributed by atoms with Gasteiger partial charge in [-0.3, -0.25) is 0 Å². The summed E-state index contributed by atoms with van der Waals surface area (Å²) in [7, 11) is 0. The van der Waals surface area contributed by atoms with Gasteiger partial charge in [-0.1, -0.05) is 38.1 Å². The lowest BCUT2D eigenvalue weighted by Gasteiger charge is -2.10. The maximum atomic E-state index is 10.8. The lowest BCUT2D eigenvalue weighted by Crippen LogP contribution is -1.94. The molecular formula is C15H17NO3. The largest absolute Gasteiger partial charge is 0.475 e. The Hall–Kier alpha value is -2.10. The first-order valence-corrected chi connectivity index (χ1v) is 6.36. The quantitative estimate of drug-likeness (QED) is 0.908. The second kappa shape index (κ2) is 5.26. The Labute approximate surface area is 112 Å². The van der Waals surface area contributed by atoms with E-state index in [1.54, 1.807) is 0 Å². The molecule has 1 aromatic heterocycles. The third-order valence-corrected chi connectivity index (χ3v) is 3.18. The summed E-state index contributed by atoms with van der Waals surface area (Å²) in [6.45, 7) is 6.30. The molecule has 2 aromatic rings. The summed E-state index contributed by atoms with van der Waals surface area (Å²) < 4.78 is 4.83. The zero-order chi connectivity index (χ0) is 14.0. The minimum atomic E-state index is -1.10. The number of rotatable bonds is 4. The van der Waals surface area contributed by atoms with Crippen LogP contribution in [0.5, 0.6) is 0 Å². The Balaban J connectivity index is 2.51. The first kappa shape index (κ1) is 13.3. The van der Waals surface area contributed by atoms with Crippen molar-refractivity contribution in [1.82, 2.24) is 5.16 Å². The van der Waals surface area contributed by atoms with Crippen molar-refractivity contribution < 1.29 is 14.4 Å². The minimum absolute atomic E-state index is 0.132. The molecule has 1 aromatic carbocycles. The molecule has 0 aliphatic heterocycles. The summed E-state index contributed by atoms with van der Waals surface area (Å²) in [6, 6.07) is 7.71. The smallest absolute Gasteiger partial charge is 0.374 e. The van der Waals surface area contributed by atoms with Crippen molar-refractivity contribution in [2.24, 2.45) is 0 Å². The molecule has 1 heterocycles. The summed E-state index contributed by atoms with van der Waals surface area (Å²) in [5.41, 5.74) is 3.86. The summed E-state index contributed by atoms with van der Waals surface area (Å²) in [5.74, 6) is -0.820. The molecule has 0 fully saturated rings. The third-order valence-electron chi connectivity index (χ3n) is 3.18. The summed E-state index contributed by atoms with van der Waals surface area (Å²) in [4.78, 5) is 10.8. The van der Waals surface area contributed by atoms with E-state index in [1.807, 2.05) is 0 Å². The average molecular weight is 259 g/mol. The van der Waals surface area contributed by atoms with Crippen LogP contribution in [0.2, 0.25) is 0 Å². The number of nitrogens with zero attached hydrogens (tertiary/aromatic N) is 1. The lowest BCUT2D eigenvalue weighted by atomic mass is 9.94. The molecule has 4 heteroatoms. The van der Waals surface area contributed by atoms with Crippen molar-refractivity contribution >= 4 is 5.97 Å². The van der Waals surface area contributed by atoms with Crippen LogP contribution < -0.4 is 0 Å². The standard InChI is InChI=1S/C15H17NO3/c1-4-10-5-6-11(9(2)3)7-12(10)13-8-14(15(17)18)19-16-13/h5-9H,4H2,1-3H3,(H,17,18). The molecule has 0 saturated carbocycles. The van der Waals surface area contributed by atoms with Crippen LogP contribution in [-0.4, -0.2) is 16.2 Å². The highest BCUT2D eigenvalue weighted by molar-refractivity contribution is 5.85. The number of aryl methyl sites for hydroxylation is 1. The molecule has 0 atom stereocenters. The molecule has 2 rings (SSSR count). The van der Waals surface area contributed by atoms with E-state index in [9.17, 15) is 4.79 Å². The van der Waals surface area contributed by atoms with Crippen LogP contribution in [0.25, 0.3) is 11.3 Å². The molecule has 0 spiro atoms. The van der Waals surface area contributed by atoms with Gasteiger partial charge in [0.25, 0.3) is 0 Å². The minimum Gasteiger partial charge on any atom is -0.475 e. The molecule has 0 amide bonds. The molecule has 1 N–H and O–H groups in total. The average Bonchev–Trinajstić information content (AvgIpc) is 2.87. The number of aromatic carboxylic acids is 1. The SMILES string of the molecule is CCc1ccc(C(C)C)cc1-c1cc(C(=O)O)on1. The maximum Gasteiger partial charge on any atom is 0.374 e. The third kappa shape index (κ3) is 2.67. The van der Waals surface area contributed by atoms with E-state index in [1.165, 1.54) is 11.6 Å². The molecule has 0 saturated heterocycles. The van der Waals surface area contributed by atoms with E-state index in [-0.39, 0.29) is 5.76 Å². The van der Waals surface area contributed by atoms with E-state index in [0.29, 0.717) is 11.6 Å². The number of aromatic nitrogens is 1. The Morgan fingerprint density at radius 2 is 2.11 bits per heavy atom. The van der Waals surface area contributed by atoms with Gasteiger partial charge in [0, 0.05) is 11.6 Å². The van der Waals surface area contributed by atoms with E-state index in [0.717, 1.165) is 17.5 Å².